The first-order chi connectivity index (χ1) is 13.4. The number of fused-ring (bicyclic) bond motifs is 1. The number of nitrogens with zero attached hydrogens (tertiary/aromatic N) is 2. The number of halogens is 2. The fraction of sp³-hybridized carbons (Fsp3) is 0.350. The van der Waals surface area contributed by atoms with Crippen LogP contribution in [0.25, 0.3) is 0 Å². The molecular formula is C20H19ClFN3O3. The van der Waals surface area contributed by atoms with E-state index in [0.29, 0.717) is 21.8 Å². The van der Waals surface area contributed by atoms with E-state index in [2.05, 4.69) is 9.98 Å². The largest absolute Gasteiger partial charge is 0.462 e. The molecule has 4 rings (SSSR count). The smallest absolute Gasteiger partial charge is 0.283 e. The van der Waals surface area contributed by atoms with E-state index < -0.39 is 11.4 Å². The van der Waals surface area contributed by atoms with Crippen molar-refractivity contribution >= 4 is 23.4 Å². The van der Waals surface area contributed by atoms with Gasteiger partial charge in [0.15, 0.2) is 5.78 Å². The van der Waals surface area contributed by atoms with Crippen LogP contribution in [0, 0.1) is 11.7 Å². The van der Waals surface area contributed by atoms with Crippen LogP contribution in [0.3, 0.4) is 0 Å². The highest BCUT2D eigenvalue weighted by Crippen LogP contribution is 2.53. The summed E-state index contributed by atoms with van der Waals surface area (Å²) in [5.41, 5.74) is 6.20. The van der Waals surface area contributed by atoms with E-state index in [1.807, 2.05) is 0 Å². The molecule has 1 aliphatic carbocycles. The van der Waals surface area contributed by atoms with E-state index in [1.54, 1.807) is 24.3 Å². The summed E-state index contributed by atoms with van der Waals surface area (Å²) in [7, 11) is 1.54. The zero-order valence-corrected chi connectivity index (χ0v) is 15.9. The summed E-state index contributed by atoms with van der Waals surface area (Å²) in [6.45, 7) is 0.172. The van der Waals surface area contributed by atoms with Crippen molar-refractivity contribution in [2.75, 3.05) is 13.7 Å². The van der Waals surface area contributed by atoms with E-state index in [4.69, 9.17) is 26.8 Å². The van der Waals surface area contributed by atoms with Gasteiger partial charge in [-0.25, -0.2) is 9.38 Å². The zero-order chi connectivity index (χ0) is 19.9. The second-order valence-corrected chi connectivity index (χ2v) is 7.52. The third-order valence-corrected chi connectivity index (χ3v) is 5.39. The molecule has 2 aliphatic rings. The molecule has 0 saturated heterocycles. The molecule has 0 bridgehead atoms. The molecule has 0 unspecified atom stereocenters. The van der Waals surface area contributed by atoms with Crippen LogP contribution in [0.15, 0.2) is 41.5 Å². The summed E-state index contributed by atoms with van der Waals surface area (Å²) < 4.78 is 25.7. The third-order valence-electron chi connectivity index (χ3n) is 5.17. The number of aliphatic imine (C=N–C) groups is 1. The number of carbonyl (C=O) groups is 1. The van der Waals surface area contributed by atoms with Crippen molar-refractivity contribution in [2.45, 2.75) is 24.5 Å². The minimum atomic E-state index is -0.955. The van der Waals surface area contributed by atoms with Crippen molar-refractivity contribution in [1.29, 1.82) is 0 Å². The van der Waals surface area contributed by atoms with Gasteiger partial charge < -0.3 is 15.2 Å². The monoisotopic (exact) mass is 403 g/mol. The van der Waals surface area contributed by atoms with Gasteiger partial charge in [-0.3, -0.25) is 9.78 Å². The Morgan fingerprint density at radius 3 is 2.96 bits per heavy atom. The molecule has 0 amide bonds. The molecular weight excluding hydrogens is 385 g/mol. The predicted molar refractivity (Wildman–Crippen MR) is 102 cm³/mol. The van der Waals surface area contributed by atoms with E-state index in [0.717, 1.165) is 6.42 Å². The number of ether oxygens (including phenoxy) is 2. The van der Waals surface area contributed by atoms with Gasteiger partial charge in [-0.05, 0) is 36.2 Å². The van der Waals surface area contributed by atoms with Crippen molar-refractivity contribution < 1.29 is 18.7 Å². The molecule has 2 aromatic rings. The molecule has 3 atom stereocenters. The minimum absolute atomic E-state index is 0.0156. The lowest BCUT2D eigenvalue weighted by Crippen LogP contribution is -2.41. The maximum Gasteiger partial charge on any atom is 0.283 e. The average Bonchev–Trinajstić information content (AvgIpc) is 3.44. The minimum Gasteiger partial charge on any atom is -0.462 e. The Morgan fingerprint density at radius 1 is 1.43 bits per heavy atom. The molecule has 2 N–H and O–H groups in total. The Morgan fingerprint density at radius 2 is 2.25 bits per heavy atom. The van der Waals surface area contributed by atoms with Gasteiger partial charge in [0.05, 0.1) is 11.6 Å². The molecule has 28 heavy (non-hydrogen) atoms. The Kier molecular flexibility index (Phi) is 4.81. The van der Waals surface area contributed by atoms with Crippen molar-refractivity contribution in [1.82, 2.24) is 4.98 Å². The van der Waals surface area contributed by atoms with Gasteiger partial charge in [0.1, 0.15) is 23.2 Å². The SMILES string of the molecule is COC[C@]1(c2cc(CC(=O)c3ccc(Cl)cn3)ccc2F)N=C(N)O[C@@H]2C[C@@H]21. The van der Waals surface area contributed by atoms with Crippen LogP contribution in [-0.2, 0) is 21.4 Å². The molecule has 146 valence electrons. The fourth-order valence-corrected chi connectivity index (χ4v) is 3.91. The number of carbonyl (C=O) groups excluding carboxylic acids is 1. The molecule has 1 aromatic carbocycles. The Bertz CT molecular complexity index is 950. The standard InChI is InChI=1S/C20H19ClFN3O3/c1-27-10-20(14-8-18(14)28-19(23)25-20)13-6-11(2-4-15(13)22)7-17(26)16-5-3-12(21)9-24-16/h2-6,9,14,18H,7-8,10H2,1H3,(H2,23,25)/t14-,18+,20+/m0/s1. The van der Waals surface area contributed by atoms with Crippen molar-refractivity contribution in [3.05, 3.63) is 64.2 Å². The first-order valence-corrected chi connectivity index (χ1v) is 9.25. The zero-order valence-electron chi connectivity index (χ0n) is 15.2. The van der Waals surface area contributed by atoms with Gasteiger partial charge in [0.2, 0.25) is 0 Å². The number of aromatic nitrogens is 1. The van der Waals surface area contributed by atoms with Crippen LogP contribution in [0.2, 0.25) is 5.02 Å². The number of ketones is 1. The van der Waals surface area contributed by atoms with E-state index in [1.165, 1.54) is 19.4 Å². The number of amidine groups is 1. The van der Waals surface area contributed by atoms with Gasteiger partial charge in [0.25, 0.3) is 6.02 Å². The van der Waals surface area contributed by atoms with Gasteiger partial charge in [-0.1, -0.05) is 17.7 Å². The molecule has 6 nitrogen and oxygen atoms in total. The third kappa shape index (κ3) is 3.36. The number of benzene rings is 1. The van der Waals surface area contributed by atoms with Crippen LogP contribution in [-0.4, -0.2) is 36.6 Å². The number of hydrogen-bond donors (Lipinski definition) is 1. The van der Waals surface area contributed by atoms with Crippen LogP contribution < -0.4 is 5.73 Å². The van der Waals surface area contributed by atoms with E-state index in [-0.39, 0.29) is 36.9 Å². The number of nitrogens with two attached hydrogens (primary N) is 1. The van der Waals surface area contributed by atoms with Crippen LogP contribution >= 0.6 is 11.6 Å². The van der Waals surface area contributed by atoms with Crippen molar-refractivity contribution in [2.24, 2.45) is 16.6 Å². The van der Waals surface area contributed by atoms with Crippen LogP contribution in [0.5, 0.6) is 0 Å². The molecule has 2 heterocycles. The second-order valence-electron chi connectivity index (χ2n) is 7.08. The first-order valence-electron chi connectivity index (χ1n) is 8.87. The fourth-order valence-electron chi connectivity index (χ4n) is 3.79. The van der Waals surface area contributed by atoms with Gasteiger partial charge in [0, 0.05) is 31.2 Å². The summed E-state index contributed by atoms with van der Waals surface area (Å²) in [6, 6.07) is 7.81. The molecule has 0 radical (unpaired) electrons. The highest BCUT2D eigenvalue weighted by Gasteiger charge is 2.59. The molecule has 8 heteroatoms. The number of pyridine rings is 1. The lowest BCUT2D eigenvalue weighted by Gasteiger charge is -2.33. The van der Waals surface area contributed by atoms with Gasteiger partial charge in [-0.2, -0.15) is 0 Å². The summed E-state index contributed by atoms with van der Waals surface area (Å²) in [5.74, 6) is -0.616. The Hall–Kier alpha value is -2.51. The number of hydrogen-bond acceptors (Lipinski definition) is 6. The summed E-state index contributed by atoms with van der Waals surface area (Å²) in [6.07, 6.45) is 2.14. The number of Topliss-reactive ketones (excluding diaryl/α,β-unsaturated/α-hetero) is 1. The van der Waals surface area contributed by atoms with Gasteiger partial charge >= 0.3 is 0 Å². The highest BCUT2D eigenvalue weighted by molar-refractivity contribution is 6.30. The number of methoxy groups -OCH3 is 1. The van der Waals surface area contributed by atoms with Crippen LogP contribution in [0.1, 0.15) is 28.0 Å². The summed E-state index contributed by atoms with van der Waals surface area (Å²) in [5, 5.41) is 0.455. The molecule has 1 aliphatic heterocycles. The van der Waals surface area contributed by atoms with Crippen LogP contribution in [0.4, 0.5) is 4.39 Å². The van der Waals surface area contributed by atoms with Crippen molar-refractivity contribution in [3.63, 3.8) is 0 Å². The normalized spacial score (nSPS) is 25.5. The first kappa shape index (κ1) is 18.8. The highest BCUT2D eigenvalue weighted by atomic mass is 35.5. The van der Waals surface area contributed by atoms with E-state index >= 15 is 0 Å². The topological polar surface area (TPSA) is 86.8 Å². The Labute approximate surface area is 166 Å². The maximum atomic E-state index is 14.8. The maximum absolute atomic E-state index is 14.8. The molecule has 0 spiro atoms. The van der Waals surface area contributed by atoms with Gasteiger partial charge in [-0.15, -0.1) is 0 Å². The Balaban J connectivity index is 1.68. The molecule has 1 fully saturated rings. The lowest BCUT2D eigenvalue weighted by molar-refractivity contribution is 0.0896. The summed E-state index contributed by atoms with van der Waals surface area (Å²) in [4.78, 5) is 21.0. The lowest BCUT2D eigenvalue weighted by atomic mass is 9.84. The van der Waals surface area contributed by atoms with Crippen molar-refractivity contribution in [3.8, 4) is 0 Å². The average molecular weight is 404 g/mol. The second kappa shape index (κ2) is 7.14. The quantitative estimate of drug-likeness (QED) is 0.749. The molecule has 1 aromatic heterocycles. The summed E-state index contributed by atoms with van der Waals surface area (Å²) >= 11 is 5.82. The van der Waals surface area contributed by atoms with E-state index in [9.17, 15) is 9.18 Å². The molecule has 1 saturated carbocycles. The predicted octanol–water partition coefficient (Wildman–Crippen LogP) is 2.87. The number of rotatable bonds is 6.